The Bertz CT molecular complexity index is 481. The van der Waals surface area contributed by atoms with Crippen molar-refractivity contribution in [1.82, 2.24) is 10.2 Å². The van der Waals surface area contributed by atoms with Gasteiger partial charge < -0.3 is 10.4 Å². The van der Waals surface area contributed by atoms with Crippen LogP contribution in [0.15, 0.2) is 0 Å². The van der Waals surface area contributed by atoms with Crippen molar-refractivity contribution in [3.63, 3.8) is 0 Å². The number of carbonyl (C=O) groups excluding carboxylic acids is 1. The molecule has 1 aliphatic carbocycles. The van der Waals surface area contributed by atoms with E-state index in [1.54, 1.807) is 0 Å². The molecule has 1 saturated carbocycles. The van der Waals surface area contributed by atoms with Crippen LogP contribution in [0.3, 0.4) is 0 Å². The Hall–Kier alpha value is -1.85. The summed E-state index contributed by atoms with van der Waals surface area (Å²) in [4.78, 5) is 22.8. The number of carboxylic acids is 1. The number of hydrogen-bond acceptors (Lipinski definition) is 3. The van der Waals surface area contributed by atoms with Crippen molar-refractivity contribution in [2.75, 3.05) is 5.32 Å². The van der Waals surface area contributed by atoms with Gasteiger partial charge in [0.1, 0.15) is 0 Å². The highest BCUT2D eigenvalue weighted by Crippen LogP contribution is 2.32. The molecular formula is C12H17N3O3. The summed E-state index contributed by atoms with van der Waals surface area (Å²) in [6.07, 6.45) is 1.63. The molecule has 0 unspecified atom stereocenters. The van der Waals surface area contributed by atoms with Gasteiger partial charge in [0, 0.05) is 17.2 Å². The summed E-state index contributed by atoms with van der Waals surface area (Å²) in [6, 6.07) is 0. The van der Waals surface area contributed by atoms with Gasteiger partial charge in [0.2, 0.25) is 5.91 Å². The van der Waals surface area contributed by atoms with E-state index in [2.05, 4.69) is 15.5 Å². The van der Waals surface area contributed by atoms with Gasteiger partial charge in [-0.05, 0) is 33.1 Å². The predicted molar refractivity (Wildman–Crippen MR) is 65.2 cm³/mol. The Morgan fingerprint density at radius 2 is 2.00 bits per heavy atom. The highest BCUT2D eigenvalue weighted by atomic mass is 16.4. The summed E-state index contributed by atoms with van der Waals surface area (Å²) in [6.45, 7) is 3.76. The van der Waals surface area contributed by atoms with Crippen LogP contribution in [0.4, 0.5) is 5.82 Å². The van der Waals surface area contributed by atoms with Gasteiger partial charge in [-0.1, -0.05) is 0 Å². The van der Waals surface area contributed by atoms with E-state index in [9.17, 15) is 9.59 Å². The van der Waals surface area contributed by atoms with E-state index in [1.165, 1.54) is 0 Å². The van der Waals surface area contributed by atoms with Crippen LogP contribution < -0.4 is 5.32 Å². The molecule has 2 rings (SSSR count). The van der Waals surface area contributed by atoms with Gasteiger partial charge in [-0.15, -0.1) is 0 Å². The molecule has 1 fully saturated rings. The Labute approximate surface area is 105 Å². The lowest BCUT2D eigenvalue weighted by molar-refractivity contribution is -0.141. The fourth-order valence-electron chi connectivity index (χ4n) is 2.27. The minimum absolute atomic E-state index is 0.131. The number of anilines is 1. The topological polar surface area (TPSA) is 95.1 Å². The molecule has 1 aliphatic rings. The summed E-state index contributed by atoms with van der Waals surface area (Å²) in [5, 5.41) is 18.5. The molecule has 0 aliphatic heterocycles. The van der Waals surface area contributed by atoms with Crippen LogP contribution in [-0.2, 0) is 9.59 Å². The molecule has 0 radical (unpaired) electrons. The Kier molecular flexibility index (Phi) is 3.36. The molecule has 0 aromatic carbocycles. The number of H-pyrrole nitrogens is 1. The number of amides is 1. The molecule has 1 amide bonds. The van der Waals surface area contributed by atoms with E-state index in [0.717, 1.165) is 11.3 Å². The van der Waals surface area contributed by atoms with E-state index in [0.29, 0.717) is 25.1 Å². The number of nitrogens with one attached hydrogen (secondary N) is 2. The highest BCUT2D eigenvalue weighted by molar-refractivity contribution is 5.93. The van der Waals surface area contributed by atoms with E-state index in [1.807, 2.05) is 13.8 Å². The van der Waals surface area contributed by atoms with E-state index < -0.39 is 5.97 Å². The first-order valence-corrected chi connectivity index (χ1v) is 6.04. The standard InChI is InChI=1S/C12H17N3O3/c1-6-7(2)14-15-10(6)13-11(16)8-3-4-9(5-8)12(17)18/h8-9H,3-5H2,1-2H3,(H,17,18)(H2,13,14,15,16)/t8-,9+/m1/s1. The molecule has 1 aromatic heterocycles. The second-order valence-corrected chi connectivity index (χ2v) is 4.86. The maximum Gasteiger partial charge on any atom is 0.306 e. The molecule has 18 heavy (non-hydrogen) atoms. The zero-order valence-corrected chi connectivity index (χ0v) is 10.5. The lowest BCUT2D eigenvalue weighted by Crippen LogP contribution is -2.22. The van der Waals surface area contributed by atoms with Gasteiger partial charge in [0.15, 0.2) is 5.82 Å². The number of carboxylic acid groups (broad SMARTS) is 1. The Morgan fingerprint density at radius 1 is 1.33 bits per heavy atom. The summed E-state index contributed by atoms with van der Waals surface area (Å²) < 4.78 is 0. The fourth-order valence-corrected chi connectivity index (χ4v) is 2.27. The first-order chi connectivity index (χ1) is 8.49. The first-order valence-electron chi connectivity index (χ1n) is 6.04. The number of hydrogen-bond donors (Lipinski definition) is 3. The summed E-state index contributed by atoms with van der Waals surface area (Å²) in [5.74, 6) is -1.01. The SMILES string of the molecule is Cc1[nH]nc(NC(=O)[C@@H]2CC[C@H](C(=O)O)C2)c1C. The molecule has 98 valence electrons. The van der Waals surface area contributed by atoms with Gasteiger partial charge in [-0.25, -0.2) is 0 Å². The lowest BCUT2D eigenvalue weighted by atomic mass is 10.0. The number of aliphatic carboxylic acids is 1. The maximum absolute atomic E-state index is 12.0. The van der Waals surface area contributed by atoms with E-state index in [4.69, 9.17) is 5.11 Å². The fraction of sp³-hybridized carbons (Fsp3) is 0.583. The lowest BCUT2D eigenvalue weighted by Gasteiger charge is -2.09. The van der Waals surface area contributed by atoms with E-state index in [-0.39, 0.29) is 17.7 Å². The minimum Gasteiger partial charge on any atom is -0.481 e. The number of carbonyl (C=O) groups is 2. The molecule has 3 N–H and O–H groups in total. The van der Waals surface area contributed by atoms with Gasteiger partial charge in [0.25, 0.3) is 0 Å². The van der Waals surface area contributed by atoms with Crippen LogP contribution >= 0.6 is 0 Å². The molecule has 2 atom stereocenters. The van der Waals surface area contributed by atoms with Crippen LogP contribution in [-0.4, -0.2) is 27.2 Å². The average Bonchev–Trinajstić information content (AvgIpc) is 2.91. The number of rotatable bonds is 3. The quantitative estimate of drug-likeness (QED) is 0.758. The van der Waals surface area contributed by atoms with Crippen LogP contribution in [0.2, 0.25) is 0 Å². The van der Waals surface area contributed by atoms with Crippen molar-refractivity contribution < 1.29 is 14.7 Å². The zero-order chi connectivity index (χ0) is 13.3. The predicted octanol–water partition coefficient (Wildman–Crippen LogP) is 1.47. The van der Waals surface area contributed by atoms with Crippen molar-refractivity contribution in [3.05, 3.63) is 11.3 Å². The monoisotopic (exact) mass is 251 g/mol. The number of aromatic nitrogens is 2. The Morgan fingerprint density at radius 3 is 2.50 bits per heavy atom. The molecule has 0 spiro atoms. The largest absolute Gasteiger partial charge is 0.481 e. The Balaban J connectivity index is 1.97. The number of aromatic amines is 1. The van der Waals surface area contributed by atoms with Crippen LogP contribution in [0, 0.1) is 25.7 Å². The summed E-state index contributed by atoms with van der Waals surface area (Å²) in [7, 11) is 0. The van der Waals surface area contributed by atoms with Crippen molar-refractivity contribution in [2.24, 2.45) is 11.8 Å². The second kappa shape index (κ2) is 4.80. The first kappa shape index (κ1) is 12.6. The summed E-state index contributed by atoms with van der Waals surface area (Å²) in [5.41, 5.74) is 1.83. The van der Waals surface area contributed by atoms with Gasteiger partial charge in [-0.3, -0.25) is 14.7 Å². The molecule has 0 saturated heterocycles. The molecule has 0 bridgehead atoms. The zero-order valence-electron chi connectivity index (χ0n) is 10.5. The molecule has 1 aromatic rings. The van der Waals surface area contributed by atoms with Crippen molar-refractivity contribution >= 4 is 17.7 Å². The van der Waals surface area contributed by atoms with Crippen molar-refractivity contribution in [3.8, 4) is 0 Å². The number of nitrogens with zero attached hydrogens (tertiary/aromatic N) is 1. The molecule has 6 heteroatoms. The summed E-state index contributed by atoms with van der Waals surface area (Å²) >= 11 is 0. The van der Waals surface area contributed by atoms with Crippen molar-refractivity contribution in [2.45, 2.75) is 33.1 Å². The highest BCUT2D eigenvalue weighted by Gasteiger charge is 2.34. The minimum atomic E-state index is -0.808. The molecular weight excluding hydrogens is 234 g/mol. The average molecular weight is 251 g/mol. The van der Waals surface area contributed by atoms with E-state index >= 15 is 0 Å². The molecule has 1 heterocycles. The third-order valence-electron chi connectivity index (χ3n) is 3.65. The smallest absolute Gasteiger partial charge is 0.306 e. The van der Waals surface area contributed by atoms with Gasteiger partial charge in [0.05, 0.1) is 5.92 Å². The van der Waals surface area contributed by atoms with Crippen LogP contribution in [0.1, 0.15) is 30.5 Å². The van der Waals surface area contributed by atoms with Crippen LogP contribution in [0.5, 0.6) is 0 Å². The second-order valence-electron chi connectivity index (χ2n) is 4.86. The normalized spacial score (nSPS) is 23.0. The molecule has 6 nitrogen and oxygen atoms in total. The van der Waals surface area contributed by atoms with Gasteiger partial charge in [-0.2, -0.15) is 5.10 Å². The van der Waals surface area contributed by atoms with Crippen molar-refractivity contribution in [1.29, 1.82) is 0 Å². The maximum atomic E-state index is 12.0. The third kappa shape index (κ3) is 2.37. The van der Waals surface area contributed by atoms with Gasteiger partial charge >= 0.3 is 5.97 Å². The third-order valence-corrected chi connectivity index (χ3v) is 3.65. The van der Waals surface area contributed by atoms with Crippen LogP contribution in [0.25, 0.3) is 0 Å². The number of aryl methyl sites for hydroxylation is 1.